The molecule has 0 unspecified atom stereocenters. The number of aromatic nitrogens is 3. The molecule has 0 saturated heterocycles. The van der Waals surface area contributed by atoms with Gasteiger partial charge in [-0.1, -0.05) is 78.9 Å². The summed E-state index contributed by atoms with van der Waals surface area (Å²) in [6.07, 6.45) is 0. The van der Waals surface area contributed by atoms with Gasteiger partial charge in [-0.25, -0.2) is 9.97 Å². The smallest absolute Gasteiger partial charge is 0.0968 e. The number of hydrogen-bond donors (Lipinski definition) is 0. The Morgan fingerprint density at radius 1 is 0.588 bits per heavy atom. The van der Waals surface area contributed by atoms with Crippen molar-refractivity contribution < 1.29 is 0 Å². The van der Waals surface area contributed by atoms with Gasteiger partial charge in [0, 0.05) is 27.4 Å². The van der Waals surface area contributed by atoms with E-state index < -0.39 is 0 Å². The lowest BCUT2D eigenvalue weighted by Crippen LogP contribution is -1.96. The standard InChI is InChI=1S/C31H21N3/c1-20-30(33-26-19-18-21-10-5-6-13-23(21)31(26)32-20)25-15-9-17-28-29(25)24-14-7-8-16-27(24)34(28)22-11-3-2-4-12-22/h2-19H,1H3. The fourth-order valence-corrected chi connectivity index (χ4v) is 5.20. The van der Waals surface area contributed by atoms with Gasteiger partial charge in [-0.05, 0) is 42.6 Å². The fraction of sp³-hybridized carbons (Fsp3) is 0.0323. The van der Waals surface area contributed by atoms with Crippen molar-refractivity contribution in [3.05, 3.63) is 115 Å². The van der Waals surface area contributed by atoms with Crippen LogP contribution in [0.2, 0.25) is 0 Å². The Bertz CT molecular complexity index is 1860. The lowest BCUT2D eigenvalue weighted by atomic mass is 10.0. The topological polar surface area (TPSA) is 30.7 Å². The number of rotatable bonds is 2. The summed E-state index contributed by atoms with van der Waals surface area (Å²) in [5.74, 6) is 0. The van der Waals surface area contributed by atoms with Gasteiger partial charge in [-0.15, -0.1) is 0 Å². The van der Waals surface area contributed by atoms with Crippen molar-refractivity contribution in [3.63, 3.8) is 0 Å². The Kier molecular flexibility index (Phi) is 4.06. The molecule has 3 nitrogen and oxygen atoms in total. The van der Waals surface area contributed by atoms with Crippen LogP contribution in [0.3, 0.4) is 0 Å². The van der Waals surface area contributed by atoms with Gasteiger partial charge < -0.3 is 4.57 Å². The molecule has 0 saturated carbocycles. The van der Waals surface area contributed by atoms with Crippen LogP contribution in [-0.2, 0) is 0 Å². The molecule has 2 aromatic heterocycles. The van der Waals surface area contributed by atoms with Crippen LogP contribution in [0, 0.1) is 6.92 Å². The van der Waals surface area contributed by atoms with Gasteiger partial charge in [-0.3, -0.25) is 0 Å². The van der Waals surface area contributed by atoms with Crippen molar-refractivity contribution in [3.8, 4) is 16.9 Å². The van der Waals surface area contributed by atoms with E-state index in [4.69, 9.17) is 9.97 Å². The Morgan fingerprint density at radius 3 is 2.21 bits per heavy atom. The van der Waals surface area contributed by atoms with E-state index in [1.54, 1.807) is 0 Å². The molecular weight excluding hydrogens is 414 g/mol. The van der Waals surface area contributed by atoms with Crippen LogP contribution in [0.1, 0.15) is 5.69 Å². The number of para-hydroxylation sites is 2. The van der Waals surface area contributed by atoms with E-state index in [0.29, 0.717) is 0 Å². The van der Waals surface area contributed by atoms with Crippen molar-refractivity contribution in [1.29, 1.82) is 0 Å². The van der Waals surface area contributed by atoms with E-state index in [9.17, 15) is 0 Å². The summed E-state index contributed by atoms with van der Waals surface area (Å²) in [6, 6.07) is 38.2. The normalized spacial score (nSPS) is 11.7. The molecule has 7 aromatic rings. The number of nitrogens with zero attached hydrogens (tertiary/aromatic N) is 3. The summed E-state index contributed by atoms with van der Waals surface area (Å²) in [4.78, 5) is 10.2. The third-order valence-electron chi connectivity index (χ3n) is 6.70. The van der Waals surface area contributed by atoms with Crippen molar-refractivity contribution in [1.82, 2.24) is 14.5 Å². The molecule has 0 spiro atoms. The average Bonchev–Trinajstić information content (AvgIpc) is 3.23. The molecule has 0 radical (unpaired) electrons. The molecule has 0 aliphatic heterocycles. The Hall–Kier alpha value is -4.50. The first-order valence-electron chi connectivity index (χ1n) is 11.5. The molecular formula is C31H21N3. The third kappa shape index (κ3) is 2.70. The first-order valence-corrected chi connectivity index (χ1v) is 11.5. The predicted molar refractivity (Wildman–Crippen MR) is 142 cm³/mol. The fourth-order valence-electron chi connectivity index (χ4n) is 5.20. The predicted octanol–water partition coefficient (Wildman–Crippen LogP) is 7.86. The first kappa shape index (κ1) is 19.0. The minimum Gasteiger partial charge on any atom is -0.309 e. The zero-order valence-corrected chi connectivity index (χ0v) is 18.7. The molecule has 5 aromatic carbocycles. The number of fused-ring (bicyclic) bond motifs is 6. The van der Waals surface area contributed by atoms with E-state index >= 15 is 0 Å². The molecule has 2 heterocycles. The molecule has 0 atom stereocenters. The molecule has 3 heteroatoms. The second kappa shape index (κ2) is 7.26. The van der Waals surface area contributed by atoms with Gasteiger partial charge in [-0.2, -0.15) is 0 Å². The Balaban J connectivity index is 1.58. The van der Waals surface area contributed by atoms with Crippen LogP contribution >= 0.6 is 0 Å². The Morgan fingerprint density at radius 2 is 1.32 bits per heavy atom. The van der Waals surface area contributed by atoms with Crippen molar-refractivity contribution >= 4 is 43.6 Å². The van der Waals surface area contributed by atoms with Crippen LogP contribution in [0.5, 0.6) is 0 Å². The van der Waals surface area contributed by atoms with Crippen molar-refractivity contribution in [2.45, 2.75) is 6.92 Å². The van der Waals surface area contributed by atoms with Crippen LogP contribution in [0.25, 0.3) is 60.6 Å². The summed E-state index contributed by atoms with van der Waals surface area (Å²) in [5, 5.41) is 4.75. The highest BCUT2D eigenvalue weighted by Gasteiger charge is 2.18. The van der Waals surface area contributed by atoms with Crippen molar-refractivity contribution in [2.75, 3.05) is 0 Å². The maximum absolute atomic E-state index is 5.16. The average molecular weight is 436 g/mol. The van der Waals surface area contributed by atoms with Crippen LogP contribution in [-0.4, -0.2) is 14.5 Å². The van der Waals surface area contributed by atoms with Gasteiger partial charge in [0.25, 0.3) is 0 Å². The summed E-state index contributed by atoms with van der Waals surface area (Å²) in [6.45, 7) is 2.07. The molecule has 0 fully saturated rings. The van der Waals surface area contributed by atoms with Crippen LogP contribution in [0.4, 0.5) is 0 Å². The van der Waals surface area contributed by atoms with Gasteiger partial charge in [0.1, 0.15) is 0 Å². The molecule has 0 N–H and O–H groups in total. The highest BCUT2D eigenvalue weighted by atomic mass is 15.0. The van der Waals surface area contributed by atoms with Gasteiger partial charge >= 0.3 is 0 Å². The summed E-state index contributed by atoms with van der Waals surface area (Å²) >= 11 is 0. The van der Waals surface area contributed by atoms with E-state index in [1.165, 1.54) is 27.2 Å². The number of benzene rings is 5. The summed E-state index contributed by atoms with van der Waals surface area (Å²) in [7, 11) is 0. The van der Waals surface area contributed by atoms with Crippen LogP contribution < -0.4 is 0 Å². The molecule has 0 bridgehead atoms. The van der Waals surface area contributed by atoms with Gasteiger partial charge in [0.15, 0.2) is 0 Å². The first-order chi connectivity index (χ1) is 16.8. The third-order valence-corrected chi connectivity index (χ3v) is 6.70. The lowest BCUT2D eigenvalue weighted by Gasteiger charge is -2.11. The van der Waals surface area contributed by atoms with E-state index in [0.717, 1.165) is 39.1 Å². The molecule has 34 heavy (non-hydrogen) atoms. The van der Waals surface area contributed by atoms with Crippen LogP contribution in [0.15, 0.2) is 109 Å². The minimum atomic E-state index is 0.920. The van der Waals surface area contributed by atoms with Gasteiger partial charge in [0.2, 0.25) is 0 Å². The molecule has 0 amide bonds. The summed E-state index contributed by atoms with van der Waals surface area (Å²) < 4.78 is 2.34. The van der Waals surface area contributed by atoms with E-state index in [2.05, 4.69) is 121 Å². The second-order valence-corrected chi connectivity index (χ2v) is 8.70. The largest absolute Gasteiger partial charge is 0.309 e. The molecule has 0 aliphatic rings. The Labute approximate surface area is 196 Å². The lowest BCUT2D eigenvalue weighted by molar-refractivity contribution is 1.18. The monoisotopic (exact) mass is 435 g/mol. The number of hydrogen-bond acceptors (Lipinski definition) is 2. The SMILES string of the molecule is Cc1nc2c(ccc3ccccc32)nc1-c1cccc2c1c1ccccc1n2-c1ccccc1. The van der Waals surface area contributed by atoms with Crippen molar-refractivity contribution in [2.24, 2.45) is 0 Å². The van der Waals surface area contributed by atoms with Gasteiger partial charge in [0.05, 0.1) is 33.5 Å². The second-order valence-electron chi connectivity index (χ2n) is 8.70. The summed E-state index contributed by atoms with van der Waals surface area (Å²) in [5.41, 5.74) is 8.37. The highest BCUT2D eigenvalue weighted by Crippen LogP contribution is 2.39. The molecule has 7 rings (SSSR count). The maximum atomic E-state index is 5.16. The minimum absolute atomic E-state index is 0.920. The zero-order valence-electron chi connectivity index (χ0n) is 18.7. The molecule has 0 aliphatic carbocycles. The quantitative estimate of drug-likeness (QED) is 0.259. The zero-order chi connectivity index (χ0) is 22.6. The van der Waals surface area contributed by atoms with E-state index in [1.807, 2.05) is 0 Å². The number of aryl methyl sites for hydroxylation is 1. The highest BCUT2D eigenvalue weighted by molar-refractivity contribution is 6.16. The van der Waals surface area contributed by atoms with E-state index in [-0.39, 0.29) is 0 Å². The molecule has 160 valence electrons. The maximum Gasteiger partial charge on any atom is 0.0968 e.